The number of allylic oxidation sites excluding steroid dienone is 5. The van der Waals surface area contributed by atoms with Crippen LogP contribution in [0.1, 0.15) is 12.8 Å². The third-order valence-corrected chi connectivity index (χ3v) is 1.13. The average Bonchev–Trinajstić information content (AvgIpc) is 2.19. The Balaban J connectivity index is -0.000000213. The molecule has 0 saturated heterocycles. The summed E-state index contributed by atoms with van der Waals surface area (Å²) in [6, 6.07) is 0. The van der Waals surface area contributed by atoms with Crippen molar-refractivity contribution in [2.75, 3.05) is 0 Å². The molecule has 0 aromatic carbocycles. The first-order valence-corrected chi connectivity index (χ1v) is 2.80. The van der Waals surface area contributed by atoms with E-state index in [1.165, 1.54) is 5.57 Å². The zero-order chi connectivity index (χ0) is 5.82. The Morgan fingerprint density at radius 3 is 2.55 bits per heavy atom. The maximum absolute atomic E-state index is 3.63. The predicted octanol–water partition coefficient (Wildman–Crippen LogP) is 3.09. The van der Waals surface area contributed by atoms with Crippen molar-refractivity contribution in [1.29, 1.82) is 0 Å². The maximum Gasteiger partial charge on any atom is 0 e. The zero-order valence-electron chi connectivity index (χ0n) is 6.17. The zero-order valence-corrected chi connectivity index (χ0v) is 10.3. The fraction of sp³-hybridized carbons (Fsp3) is 0.250. The molecule has 0 heterocycles. The van der Waals surface area contributed by atoms with Gasteiger partial charge in [0.2, 0.25) is 0 Å². The van der Waals surface area contributed by atoms with Gasteiger partial charge >= 0.3 is 0 Å². The van der Waals surface area contributed by atoms with Gasteiger partial charge in [0.1, 0.15) is 0 Å². The van der Waals surface area contributed by atoms with Gasteiger partial charge in [0.15, 0.2) is 0 Å². The Morgan fingerprint density at radius 2 is 2.18 bits per heavy atom. The SMILES string of the molecule is C=CCC1=[C-]CC=C1.Cl.Cl.[Zr]. The molecule has 0 N–H and O–H groups in total. The van der Waals surface area contributed by atoms with Crippen LogP contribution in [0, 0.1) is 6.08 Å². The van der Waals surface area contributed by atoms with Gasteiger partial charge in [-0.25, -0.2) is 11.6 Å². The molecule has 0 aromatic rings. The fourth-order valence-electron chi connectivity index (χ4n) is 0.746. The molecule has 0 nitrogen and oxygen atoms in total. The van der Waals surface area contributed by atoms with Gasteiger partial charge in [0.05, 0.1) is 0 Å². The molecule has 0 bridgehead atoms. The van der Waals surface area contributed by atoms with Gasteiger partial charge < -0.3 is 0 Å². The maximum atomic E-state index is 3.63. The first-order chi connectivity index (χ1) is 3.93. The largest absolute Gasteiger partial charge is 0.269 e. The van der Waals surface area contributed by atoms with E-state index >= 15 is 0 Å². The van der Waals surface area contributed by atoms with E-state index in [1.807, 2.05) is 6.08 Å². The molecule has 0 saturated carbocycles. The van der Waals surface area contributed by atoms with Crippen LogP contribution in [0.3, 0.4) is 0 Å². The van der Waals surface area contributed by atoms with Crippen LogP contribution in [0.4, 0.5) is 0 Å². The van der Waals surface area contributed by atoms with Gasteiger partial charge in [-0.05, 0) is 6.42 Å². The van der Waals surface area contributed by atoms with Crippen LogP contribution in [-0.4, -0.2) is 0 Å². The number of rotatable bonds is 2. The molecule has 62 valence electrons. The van der Waals surface area contributed by atoms with Crippen molar-refractivity contribution < 1.29 is 26.2 Å². The summed E-state index contributed by atoms with van der Waals surface area (Å²) in [6.45, 7) is 3.63. The Labute approximate surface area is 99.8 Å². The van der Waals surface area contributed by atoms with Crippen LogP contribution in [0.5, 0.6) is 0 Å². The fourth-order valence-corrected chi connectivity index (χ4v) is 0.746. The second-order valence-corrected chi connectivity index (χ2v) is 1.80. The summed E-state index contributed by atoms with van der Waals surface area (Å²) in [4.78, 5) is 0. The minimum Gasteiger partial charge on any atom is -0.269 e. The van der Waals surface area contributed by atoms with E-state index in [0.717, 1.165) is 12.8 Å². The Bertz CT molecular complexity index is 150. The molecule has 0 fully saturated rings. The van der Waals surface area contributed by atoms with E-state index in [9.17, 15) is 0 Å². The van der Waals surface area contributed by atoms with E-state index in [-0.39, 0.29) is 51.0 Å². The smallest absolute Gasteiger partial charge is 0 e. The molecular weight excluding hydrogens is 258 g/mol. The monoisotopic (exact) mass is 267 g/mol. The van der Waals surface area contributed by atoms with Crippen LogP contribution in [-0.2, 0) is 26.2 Å². The van der Waals surface area contributed by atoms with E-state index in [1.54, 1.807) is 0 Å². The van der Waals surface area contributed by atoms with E-state index < -0.39 is 0 Å². The molecule has 3 heteroatoms. The molecule has 0 unspecified atom stereocenters. The molecule has 0 radical (unpaired) electrons. The minimum absolute atomic E-state index is 0. The van der Waals surface area contributed by atoms with Crippen molar-refractivity contribution in [3.63, 3.8) is 0 Å². The first kappa shape index (κ1) is 17.7. The summed E-state index contributed by atoms with van der Waals surface area (Å²) in [6.07, 6.45) is 11.3. The van der Waals surface area contributed by atoms with Crippen LogP contribution in [0.15, 0.2) is 30.4 Å². The molecule has 0 spiro atoms. The predicted molar refractivity (Wildman–Crippen MR) is 49.8 cm³/mol. The summed E-state index contributed by atoms with van der Waals surface area (Å²) in [7, 11) is 0. The molecule has 0 amide bonds. The molecule has 1 aliphatic rings. The first-order valence-electron chi connectivity index (χ1n) is 2.80. The topological polar surface area (TPSA) is 0 Å². The van der Waals surface area contributed by atoms with E-state index in [4.69, 9.17) is 0 Å². The number of hydrogen-bond donors (Lipinski definition) is 0. The normalized spacial score (nSPS) is 11.8. The summed E-state index contributed by atoms with van der Waals surface area (Å²) >= 11 is 0. The molecule has 1 rings (SSSR count). The van der Waals surface area contributed by atoms with Gasteiger partial charge in [-0.1, -0.05) is 6.08 Å². The van der Waals surface area contributed by atoms with Crippen molar-refractivity contribution >= 4 is 24.8 Å². The molecular formula is C8H11Cl2Zr-. The quantitative estimate of drug-likeness (QED) is 0.534. The molecule has 0 aliphatic heterocycles. The second kappa shape index (κ2) is 10.7. The van der Waals surface area contributed by atoms with Crippen LogP contribution in [0.2, 0.25) is 0 Å². The number of halogens is 2. The molecule has 11 heavy (non-hydrogen) atoms. The summed E-state index contributed by atoms with van der Waals surface area (Å²) < 4.78 is 0. The molecule has 1 aliphatic carbocycles. The van der Waals surface area contributed by atoms with Crippen LogP contribution in [0.25, 0.3) is 0 Å². The summed E-state index contributed by atoms with van der Waals surface area (Å²) in [5.74, 6) is 0. The summed E-state index contributed by atoms with van der Waals surface area (Å²) in [5.41, 5.74) is 1.28. The molecule has 0 atom stereocenters. The van der Waals surface area contributed by atoms with Crippen molar-refractivity contribution in [2.45, 2.75) is 12.8 Å². The second-order valence-electron chi connectivity index (χ2n) is 1.80. The third-order valence-electron chi connectivity index (χ3n) is 1.13. The minimum atomic E-state index is 0. The number of hydrogen-bond acceptors (Lipinski definition) is 0. The Kier molecular flexibility index (Phi) is 17.2. The Morgan fingerprint density at radius 1 is 1.55 bits per heavy atom. The van der Waals surface area contributed by atoms with Crippen LogP contribution >= 0.6 is 24.8 Å². The van der Waals surface area contributed by atoms with Gasteiger partial charge in [-0.2, -0.15) is 6.08 Å². The van der Waals surface area contributed by atoms with Crippen molar-refractivity contribution in [1.82, 2.24) is 0 Å². The van der Waals surface area contributed by atoms with Gasteiger partial charge in [-0.15, -0.1) is 37.8 Å². The van der Waals surface area contributed by atoms with Gasteiger partial charge in [-0.3, -0.25) is 6.08 Å². The van der Waals surface area contributed by atoms with Crippen molar-refractivity contribution in [3.05, 3.63) is 36.5 Å². The van der Waals surface area contributed by atoms with Gasteiger partial charge in [0.25, 0.3) is 0 Å². The van der Waals surface area contributed by atoms with E-state index in [0.29, 0.717) is 0 Å². The Hall–Kier alpha value is 0.683. The van der Waals surface area contributed by atoms with Crippen molar-refractivity contribution in [2.24, 2.45) is 0 Å². The third kappa shape index (κ3) is 7.06. The molecule has 0 aromatic heterocycles. The van der Waals surface area contributed by atoms with E-state index in [2.05, 4.69) is 24.8 Å². The average molecular weight is 269 g/mol. The standard InChI is InChI=1S/C8H9.2ClH.Zr/c1-2-5-8-6-3-4-7-8;;;/h2-3,6H,1,4-5H2;2*1H;/q-1;;;. The van der Waals surface area contributed by atoms with Crippen molar-refractivity contribution in [3.8, 4) is 0 Å². The van der Waals surface area contributed by atoms with Crippen LogP contribution < -0.4 is 0 Å². The van der Waals surface area contributed by atoms with Gasteiger partial charge in [0, 0.05) is 26.2 Å². The summed E-state index contributed by atoms with van der Waals surface area (Å²) in [5, 5.41) is 0.